The van der Waals surface area contributed by atoms with E-state index in [9.17, 15) is 0 Å². The first-order valence-electron chi connectivity index (χ1n) is 27.2. The lowest BCUT2D eigenvalue weighted by molar-refractivity contribution is 0.450. The zero-order valence-corrected chi connectivity index (χ0v) is 42.6. The molecule has 0 N–H and O–H groups in total. The van der Waals surface area contributed by atoms with Crippen LogP contribution in [0.15, 0.2) is 0 Å². The van der Waals surface area contributed by atoms with Gasteiger partial charge in [-0.2, -0.15) is 0 Å². The number of hydrogen-bond donors (Lipinski definition) is 0. The van der Waals surface area contributed by atoms with Gasteiger partial charge in [-0.3, -0.25) is 0 Å². The summed E-state index contributed by atoms with van der Waals surface area (Å²) in [6.45, 7) is 27.9. The highest BCUT2D eigenvalue weighted by molar-refractivity contribution is 4.56. The van der Waals surface area contributed by atoms with Crippen molar-refractivity contribution in [1.29, 1.82) is 0 Å². The zero-order chi connectivity index (χ0) is 42.6. The molecule has 4 unspecified atom stereocenters. The summed E-state index contributed by atoms with van der Waals surface area (Å²) in [6, 6.07) is 0. The van der Waals surface area contributed by atoms with Gasteiger partial charge in [0, 0.05) is 0 Å². The summed E-state index contributed by atoms with van der Waals surface area (Å²) in [5.41, 5.74) is 0. The van der Waals surface area contributed by atoms with E-state index in [2.05, 4.69) is 83.1 Å². The minimum absolute atomic E-state index is 0.968. The fourth-order valence-corrected chi connectivity index (χ4v) is 8.35. The molecule has 0 aromatic carbocycles. The van der Waals surface area contributed by atoms with Crippen molar-refractivity contribution >= 4 is 0 Å². The molecule has 0 bridgehead atoms. The largest absolute Gasteiger partial charge is 0.0654 e. The molecular weight excluding hydrogens is 673 g/mol. The minimum Gasteiger partial charge on any atom is -0.0654 e. The van der Waals surface area contributed by atoms with Gasteiger partial charge in [0.1, 0.15) is 0 Å². The van der Waals surface area contributed by atoms with Crippen molar-refractivity contribution in [3.8, 4) is 0 Å². The van der Waals surface area contributed by atoms with E-state index in [0.29, 0.717) is 0 Å². The van der Waals surface area contributed by atoms with Crippen molar-refractivity contribution < 1.29 is 0 Å². The lowest BCUT2D eigenvalue weighted by Crippen LogP contribution is -1.93. The van der Waals surface area contributed by atoms with Gasteiger partial charge >= 0.3 is 0 Å². The van der Waals surface area contributed by atoms with Crippen molar-refractivity contribution in [1.82, 2.24) is 0 Å². The molecule has 0 aliphatic carbocycles. The van der Waals surface area contributed by atoms with Gasteiger partial charge in [0.2, 0.25) is 0 Å². The van der Waals surface area contributed by atoms with Gasteiger partial charge in [-0.1, -0.05) is 340 Å². The molecule has 0 nitrogen and oxygen atoms in total. The smallest absolute Gasteiger partial charge is 0.0443 e. The van der Waals surface area contributed by atoms with E-state index >= 15 is 0 Å². The summed E-state index contributed by atoms with van der Waals surface area (Å²) < 4.78 is 0. The molecule has 56 heavy (non-hydrogen) atoms. The predicted octanol–water partition coefficient (Wildman–Crippen LogP) is 22.3. The van der Waals surface area contributed by atoms with Gasteiger partial charge < -0.3 is 0 Å². The van der Waals surface area contributed by atoms with Crippen molar-refractivity contribution in [3.05, 3.63) is 0 Å². The molecule has 0 radical (unpaired) electrons. The van der Waals surface area contributed by atoms with E-state index in [4.69, 9.17) is 0 Å². The van der Waals surface area contributed by atoms with Crippen LogP contribution in [0, 0.1) is 23.7 Å². The van der Waals surface area contributed by atoms with E-state index in [1.54, 1.807) is 0 Å². The van der Waals surface area contributed by atoms with Crippen LogP contribution in [0.2, 0.25) is 0 Å². The maximum Gasteiger partial charge on any atom is -0.0443 e. The maximum atomic E-state index is 2.41. The van der Waals surface area contributed by atoms with Crippen LogP contribution in [-0.2, 0) is 0 Å². The monoisotopic (exact) mass is 793 g/mol. The van der Waals surface area contributed by atoms with Crippen LogP contribution >= 0.6 is 0 Å². The topological polar surface area (TPSA) is 0 Å². The van der Waals surface area contributed by atoms with Crippen LogP contribution in [0.5, 0.6) is 0 Å². The van der Waals surface area contributed by atoms with E-state index in [1.165, 1.54) is 257 Å². The Balaban J connectivity index is -0.000000323. The molecule has 0 aromatic rings. The summed E-state index contributed by atoms with van der Waals surface area (Å²) in [7, 11) is 0. The standard InChI is InChI=1S/2C15H32.2C13H28/c2*1-4-6-7-8-9-10-11-12-14-15(3)13-5-2;2*1-4-6-7-8-9-10-12-13(3)11-5-2/h2*15H,4-14H2,1-3H3;2*13H,4-12H2,1-3H3. The molecule has 344 valence electrons. The average molecular weight is 794 g/mol. The first kappa shape index (κ1) is 62.6. The Hall–Kier alpha value is 0. The average Bonchev–Trinajstić information content (AvgIpc) is 3.18. The third kappa shape index (κ3) is 65.8. The van der Waals surface area contributed by atoms with Gasteiger partial charge in [-0.05, 0) is 23.7 Å². The Morgan fingerprint density at radius 1 is 0.161 bits per heavy atom. The molecule has 0 heteroatoms. The van der Waals surface area contributed by atoms with Crippen LogP contribution in [0.4, 0.5) is 0 Å². The molecule has 0 spiro atoms. The first-order chi connectivity index (χ1) is 27.2. The Bertz CT molecular complexity index is 541. The SMILES string of the molecule is CCCCCCCCC(C)CCC.CCCCCCCCC(C)CCC.CCCCCCCCCCC(C)CCC.CCCCCCCCCCC(C)CCC. The summed E-state index contributed by atoms with van der Waals surface area (Å²) in [5, 5.41) is 0. The number of hydrogen-bond acceptors (Lipinski definition) is 0. The maximum absolute atomic E-state index is 2.41. The van der Waals surface area contributed by atoms with Gasteiger partial charge in [-0.15, -0.1) is 0 Å². The van der Waals surface area contributed by atoms with Gasteiger partial charge in [0.05, 0.1) is 0 Å². The van der Waals surface area contributed by atoms with Gasteiger partial charge in [-0.25, -0.2) is 0 Å². The highest BCUT2D eigenvalue weighted by Gasteiger charge is 2.02. The molecule has 0 amide bonds. The van der Waals surface area contributed by atoms with Crippen LogP contribution in [0.25, 0.3) is 0 Å². The second-order valence-electron chi connectivity index (χ2n) is 19.2. The van der Waals surface area contributed by atoms with Crippen LogP contribution in [-0.4, -0.2) is 0 Å². The van der Waals surface area contributed by atoms with Crippen molar-refractivity contribution in [2.24, 2.45) is 23.7 Å². The highest BCUT2D eigenvalue weighted by atomic mass is 14.1. The predicted molar refractivity (Wildman–Crippen MR) is 267 cm³/mol. The van der Waals surface area contributed by atoms with Crippen molar-refractivity contribution in [2.45, 2.75) is 340 Å². The highest BCUT2D eigenvalue weighted by Crippen LogP contribution is 2.19. The van der Waals surface area contributed by atoms with E-state index in [0.717, 1.165) is 23.7 Å². The summed E-state index contributed by atoms with van der Waals surface area (Å²) >= 11 is 0. The number of unbranched alkanes of at least 4 members (excludes halogenated alkanes) is 24. The molecular formula is C56H120. The van der Waals surface area contributed by atoms with E-state index in [-0.39, 0.29) is 0 Å². The fraction of sp³-hybridized carbons (Fsp3) is 1.00. The molecule has 4 atom stereocenters. The van der Waals surface area contributed by atoms with Crippen LogP contribution in [0.3, 0.4) is 0 Å². The van der Waals surface area contributed by atoms with Gasteiger partial charge in [0.25, 0.3) is 0 Å². The van der Waals surface area contributed by atoms with Gasteiger partial charge in [0.15, 0.2) is 0 Å². The summed E-state index contributed by atoms with van der Waals surface area (Å²) in [4.78, 5) is 0. The third-order valence-electron chi connectivity index (χ3n) is 12.3. The molecule has 0 saturated heterocycles. The summed E-state index contributed by atoms with van der Waals surface area (Å²) in [6.07, 6.45) is 57.5. The first-order valence-corrected chi connectivity index (χ1v) is 27.2. The quantitative estimate of drug-likeness (QED) is 0.0542. The third-order valence-corrected chi connectivity index (χ3v) is 12.3. The normalized spacial score (nSPS) is 13.1. The molecule has 0 aliphatic rings. The molecule has 0 fully saturated rings. The molecule has 0 heterocycles. The second kappa shape index (κ2) is 59.3. The molecule has 0 aliphatic heterocycles. The lowest BCUT2D eigenvalue weighted by Gasteiger charge is -2.09. The number of rotatable bonds is 40. The van der Waals surface area contributed by atoms with Crippen molar-refractivity contribution in [3.63, 3.8) is 0 Å². The molecule has 0 saturated carbocycles. The fourth-order valence-electron chi connectivity index (χ4n) is 8.35. The van der Waals surface area contributed by atoms with E-state index < -0.39 is 0 Å². The zero-order valence-electron chi connectivity index (χ0n) is 42.6. The Kier molecular flexibility index (Phi) is 66.4. The summed E-state index contributed by atoms with van der Waals surface area (Å²) in [5.74, 6) is 3.87. The Labute approximate surface area is 362 Å². The molecule has 0 rings (SSSR count). The Morgan fingerprint density at radius 2 is 0.304 bits per heavy atom. The van der Waals surface area contributed by atoms with Crippen LogP contribution in [0.1, 0.15) is 340 Å². The lowest BCUT2D eigenvalue weighted by atomic mass is 9.98. The second-order valence-corrected chi connectivity index (χ2v) is 19.2. The Morgan fingerprint density at radius 3 is 0.446 bits per heavy atom. The van der Waals surface area contributed by atoms with Crippen LogP contribution < -0.4 is 0 Å². The van der Waals surface area contributed by atoms with E-state index in [1.807, 2.05) is 0 Å². The van der Waals surface area contributed by atoms with Crippen molar-refractivity contribution in [2.75, 3.05) is 0 Å². The minimum atomic E-state index is 0.968. The molecule has 0 aromatic heterocycles.